The molecular weight excluding hydrogens is 235 g/mol. The van der Waals surface area contributed by atoms with Crippen LogP contribution in [0.3, 0.4) is 0 Å². The number of hydrogen-bond donors (Lipinski definition) is 2. The molecule has 1 atom stereocenters. The largest absolute Gasteiger partial charge is 0.480 e. The Morgan fingerprint density at radius 2 is 2.00 bits per heavy atom. The number of carboxylic acid groups (broad SMARTS) is 1. The van der Waals surface area contributed by atoms with E-state index >= 15 is 0 Å². The van der Waals surface area contributed by atoms with Crippen LogP contribution in [0, 0.1) is 23.4 Å². The Bertz CT molecular complexity index is 460. The van der Waals surface area contributed by atoms with E-state index < -0.39 is 35.2 Å². The summed E-state index contributed by atoms with van der Waals surface area (Å²) in [6, 6.07) is 0.148. The minimum atomic E-state index is -1.34. The van der Waals surface area contributed by atoms with E-state index in [4.69, 9.17) is 5.11 Å². The van der Waals surface area contributed by atoms with E-state index in [-0.39, 0.29) is 5.92 Å². The van der Waals surface area contributed by atoms with Crippen LogP contribution in [0.5, 0.6) is 0 Å². The van der Waals surface area contributed by atoms with E-state index in [1.54, 1.807) is 0 Å². The second-order valence-corrected chi connectivity index (χ2v) is 4.05. The summed E-state index contributed by atoms with van der Waals surface area (Å²) in [5.74, 6) is -4.83. The highest BCUT2D eigenvalue weighted by atomic mass is 19.2. The average molecular weight is 245 g/mol. The molecular formula is C11H10F3NO2. The first-order valence-electron chi connectivity index (χ1n) is 5.13. The van der Waals surface area contributed by atoms with Gasteiger partial charge in [-0.05, 0) is 18.8 Å². The van der Waals surface area contributed by atoms with Gasteiger partial charge >= 0.3 is 5.97 Å². The van der Waals surface area contributed by atoms with Gasteiger partial charge in [0.15, 0.2) is 11.6 Å². The van der Waals surface area contributed by atoms with Gasteiger partial charge in [-0.1, -0.05) is 0 Å². The molecule has 6 heteroatoms. The van der Waals surface area contributed by atoms with Crippen molar-refractivity contribution < 1.29 is 23.1 Å². The number of benzene rings is 1. The number of halogens is 3. The lowest BCUT2D eigenvalue weighted by molar-refractivity contribution is -0.138. The number of carbonyl (C=O) groups is 1. The van der Waals surface area contributed by atoms with Crippen molar-refractivity contribution in [1.82, 2.24) is 0 Å². The Balaban J connectivity index is 2.25. The monoisotopic (exact) mass is 245 g/mol. The predicted octanol–water partition coefficient (Wildman–Crippen LogP) is 2.38. The lowest BCUT2D eigenvalue weighted by atomic mass is 10.1. The normalized spacial score (nSPS) is 16.6. The van der Waals surface area contributed by atoms with Gasteiger partial charge in [-0.15, -0.1) is 0 Å². The van der Waals surface area contributed by atoms with Crippen molar-refractivity contribution in [1.29, 1.82) is 0 Å². The molecule has 1 saturated carbocycles. The second-order valence-electron chi connectivity index (χ2n) is 4.05. The Morgan fingerprint density at radius 3 is 2.53 bits per heavy atom. The molecule has 0 bridgehead atoms. The van der Waals surface area contributed by atoms with Crippen LogP contribution < -0.4 is 5.32 Å². The summed E-state index contributed by atoms with van der Waals surface area (Å²) in [5.41, 5.74) is -0.457. The summed E-state index contributed by atoms with van der Waals surface area (Å²) in [6.07, 6.45) is 1.42. The van der Waals surface area contributed by atoms with E-state index in [9.17, 15) is 18.0 Å². The first-order valence-corrected chi connectivity index (χ1v) is 5.13. The van der Waals surface area contributed by atoms with Crippen LogP contribution in [0.25, 0.3) is 0 Å². The lowest BCUT2D eigenvalue weighted by Gasteiger charge is -2.15. The zero-order valence-electron chi connectivity index (χ0n) is 8.71. The number of rotatable bonds is 4. The van der Waals surface area contributed by atoms with E-state index in [1.807, 2.05) is 0 Å². The molecule has 17 heavy (non-hydrogen) atoms. The van der Waals surface area contributed by atoms with Crippen molar-refractivity contribution in [2.24, 2.45) is 5.92 Å². The molecule has 2 rings (SSSR count). The van der Waals surface area contributed by atoms with Crippen molar-refractivity contribution in [3.8, 4) is 0 Å². The van der Waals surface area contributed by atoms with Crippen molar-refractivity contribution in [2.45, 2.75) is 18.9 Å². The highest BCUT2D eigenvalue weighted by molar-refractivity contribution is 5.78. The minimum Gasteiger partial charge on any atom is -0.480 e. The molecule has 1 fully saturated rings. The van der Waals surface area contributed by atoms with E-state index in [0.717, 1.165) is 6.07 Å². The van der Waals surface area contributed by atoms with Gasteiger partial charge < -0.3 is 10.4 Å². The average Bonchev–Trinajstić information content (AvgIpc) is 3.04. The summed E-state index contributed by atoms with van der Waals surface area (Å²) >= 11 is 0. The van der Waals surface area contributed by atoms with E-state index in [1.165, 1.54) is 0 Å². The summed E-state index contributed by atoms with van der Waals surface area (Å²) in [5, 5.41) is 11.2. The van der Waals surface area contributed by atoms with Crippen molar-refractivity contribution in [3.05, 3.63) is 29.6 Å². The number of nitrogens with one attached hydrogen (secondary N) is 1. The Morgan fingerprint density at radius 1 is 1.35 bits per heavy atom. The summed E-state index contributed by atoms with van der Waals surface area (Å²) in [4.78, 5) is 10.9. The van der Waals surface area contributed by atoms with Crippen LogP contribution in [-0.2, 0) is 4.79 Å². The van der Waals surface area contributed by atoms with Gasteiger partial charge in [-0.3, -0.25) is 0 Å². The molecule has 0 spiro atoms. The molecule has 2 N–H and O–H groups in total. The molecule has 0 amide bonds. The van der Waals surface area contributed by atoms with E-state index in [0.29, 0.717) is 18.9 Å². The van der Waals surface area contributed by atoms with Crippen LogP contribution >= 0.6 is 0 Å². The summed E-state index contributed by atoms with van der Waals surface area (Å²) < 4.78 is 39.1. The molecule has 3 nitrogen and oxygen atoms in total. The van der Waals surface area contributed by atoms with Crippen molar-refractivity contribution in [3.63, 3.8) is 0 Å². The van der Waals surface area contributed by atoms with Gasteiger partial charge in [-0.2, -0.15) is 0 Å². The number of hydrogen-bond acceptors (Lipinski definition) is 2. The minimum absolute atomic E-state index is 0.113. The molecule has 1 aromatic rings. The van der Waals surface area contributed by atoms with E-state index in [2.05, 4.69) is 5.32 Å². The Hall–Kier alpha value is -1.72. The molecule has 1 aromatic carbocycles. The number of aliphatic carboxylic acids is 1. The smallest absolute Gasteiger partial charge is 0.326 e. The van der Waals surface area contributed by atoms with Crippen LogP contribution in [0.15, 0.2) is 12.1 Å². The van der Waals surface area contributed by atoms with Gasteiger partial charge in [0.2, 0.25) is 0 Å². The quantitative estimate of drug-likeness (QED) is 0.801. The first-order chi connectivity index (χ1) is 7.99. The third-order valence-corrected chi connectivity index (χ3v) is 2.66. The second kappa shape index (κ2) is 4.27. The topological polar surface area (TPSA) is 49.3 Å². The van der Waals surface area contributed by atoms with Gasteiger partial charge in [0, 0.05) is 12.1 Å². The fraction of sp³-hybridized carbons (Fsp3) is 0.364. The van der Waals surface area contributed by atoms with Crippen LogP contribution in [0.2, 0.25) is 0 Å². The van der Waals surface area contributed by atoms with Crippen molar-refractivity contribution in [2.75, 3.05) is 5.32 Å². The Kier molecular flexibility index (Phi) is 2.95. The third kappa shape index (κ3) is 2.51. The van der Waals surface area contributed by atoms with Gasteiger partial charge in [0.1, 0.15) is 11.9 Å². The molecule has 0 radical (unpaired) electrons. The summed E-state index contributed by atoms with van der Waals surface area (Å²) in [7, 11) is 0. The fourth-order valence-corrected chi connectivity index (χ4v) is 1.64. The Labute approximate surface area is 95.3 Å². The van der Waals surface area contributed by atoms with Gasteiger partial charge in [-0.25, -0.2) is 18.0 Å². The predicted molar refractivity (Wildman–Crippen MR) is 54.1 cm³/mol. The van der Waals surface area contributed by atoms with Gasteiger partial charge in [0.05, 0.1) is 5.69 Å². The highest BCUT2D eigenvalue weighted by Crippen LogP contribution is 2.35. The maximum absolute atomic E-state index is 13.3. The maximum atomic E-state index is 13.3. The van der Waals surface area contributed by atoms with Gasteiger partial charge in [0.25, 0.3) is 0 Å². The molecule has 92 valence electrons. The molecule has 1 unspecified atom stereocenters. The van der Waals surface area contributed by atoms with Crippen LogP contribution in [-0.4, -0.2) is 17.1 Å². The number of anilines is 1. The third-order valence-electron chi connectivity index (χ3n) is 2.66. The molecule has 1 aliphatic carbocycles. The van der Waals surface area contributed by atoms with Crippen molar-refractivity contribution >= 4 is 11.7 Å². The standard InChI is InChI=1S/C11H10F3NO2/c12-6-3-7(13)9(14)8(4-6)15-10(11(16)17)5-1-2-5/h3-5,10,15H,1-2H2,(H,16,17). The molecule has 0 saturated heterocycles. The fourth-order valence-electron chi connectivity index (χ4n) is 1.64. The molecule has 0 heterocycles. The van der Waals surface area contributed by atoms with Crippen LogP contribution in [0.1, 0.15) is 12.8 Å². The lowest BCUT2D eigenvalue weighted by Crippen LogP contribution is -2.31. The molecule has 1 aliphatic rings. The maximum Gasteiger partial charge on any atom is 0.326 e. The zero-order valence-corrected chi connectivity index (χ0v) is 8.71. The SMILES string of the molecule is O=C(O)C(Nc1cc(F)cc(F)c1F)C1CC1. The zero-order chi connectivity index (χ0) is 12.6. The molecule has 0 aliphatic heterocycles. The highest BCUT2D eigenvalue weighted by Gasteiger charge is 2.36. The molecule has 0 aromatic heterocycles. The van der Waals surface area contributed by atoms with Crippen LogP contribution in [0.4, 0.5) is 18.9 Å². The number of carboxylic acids is 1. The summed E-state index contributed by atoms with van der Waals surface area (Å²) in [6.45, 7) is 0. The first kappa shape index (κ1) is 11.8.